The van der Waals surface area contributed by atoms with E-state index in [1.165, 1.54) is 22.3 Å². The highest BCUT2D eigenvalue weighted by Gasteiger charge is 2.42. The van der Waals surface area contributed by atoms with Crippen LogP contribution in [0.5, 0.6) is 0 Å². The number of carbonyl (C=O) groups is 2. The summed E-state index contributed by atoms with van der Waals surface area (Å²) in [4.78, 5) is 24.4. The van der Waals surface area contributed by atoms with Gasteiger partial charge in [-0.05, 0) is 40.2 Å². The normalized spacial score (nSPS) is 20.1. The molecule has 0 saturated heterocycles. The number of nitrogens with one attached hydrogen (secondary N) is 3. The summed E-state index contributed by atoms with van der Waals surface area (Å²) >= 11 is 0. The first-order valence-electron chi connectivity index (χ1n) is 11.2. The van der Waals surface area contributed by atoms with Crippen LogP contribution in [0.25, 0.3) is 0 Å². The Morgan fingerprint density at radius 2 is 1.31 bits per heavy atom. The van der Waals surface area contributed by atoms with Crippen LogP contribution < -0.4 is 16.0 Å². The van der Waals surface area contributed by atoms with Crippen molar-refractivity contribution >= 4 is 11.9 Å². The largest absolute Gasteiger partial charge is 0.354 e. The van der Waals surface area contributed by atoms with Crippen LogP contribution in [0, 0.1) is 5.92 Å². The van der Waals surface area contributed by atoms with Crippen molar-refractivity contribution in [1.82, 2.24) is 16.0 Å². The van der Waals surface area contributed by atoms with Gasteiger partial charge in [-0.3, -0.25) is 4.79 Å². The highest BCUT2D eigenvalue weighted by Crippen LogP contribution is 2.55. The third-order valence-electron chi connectivity index (χ3n) is 6.69. The summed E-state index contributed by atoms with van der Waals surface area (Å²) in [6, 6.07) is 26.7. The van der Waals surface area contributed by atoms with E-state index in [0.29, 0.717) is 30.8 Å². The van der Waals surface area contributed by atoms with Gasteiger partial charge in [-0.1, -0.05) is 78.9 Å². The van der Waals surface area contributed by atoms with Crippen LogP contribution in [0.2, 0.25) is 0 Å². The number of fused-ring (bicyclic) bond motifs is 1. The van der Waals surface area contributed by atoms with Crippen molar-refractivity contribution in [3.63, 3.8) is 0 Å². The van der Waals surface area contributed by atoms with E-state index in [0.717, 1.165) is 12.0 Å². The van der Waals surface area contributed by atoms with Crippen molar-refractivity contribution in [2.24, 2.45) is 5.92 Å². The van der Waals surface area contributed by atoms with Crippen molar-refractivity contribution in [3.8, 4) is 0 Å². The molecule has 1 atom stereocenters. The summed E-state index contributed by atoms with van der Waals surface area (Å²) in [5.74, 6) is 0.870. The fraction of sp³-hybridized carbons (Fsp3) is 0.259. The SMILES string of the molecule is O=C(CNC(=O)NCc1ccccc1)NC[C@@H]1CC2c3ccccc3C1c1ccccc12. The van der Waals surface area contributed by atoms with Crippen LogP contribution in [0.3, 0.4) is 0 Å². The molecule has 5 nitrogen and oxygen atoms in total. The van der Waals surface area contributed by atoms with Crippen molar-refractivity contribution in [2.45, 2.75) is 24.8 Å². The third-order valence-corrected chi connectivity index (χ3v) is 6.69. The highest BCUT2D eigenvalue weighted by molar-refractivity contribution is 5.83. The maximum atomic E-state index is 12.4. The summed E-state index contributed by atoms with van der Waals surface area (Å²) in [6.07, 6.45) is 1.03. The average molecular weight is 426 g/mol. The number of amides is 3. The van der Waals surface area contributed by atoms with Gasteiger partial charge in [0.25, 0.3) is 0 Å². The third kappa shape index (κ3) is 3.98. The van der Waals surface area contributed by atoms with Gasteiger partial charge in [0, 0.05) is 24.9 Å². The second kappa shape index (κ2) is 8.87. The quantitative estimate of drug-likeness (QED) is 0.561. The van der Waals surface area contributed by atoms with Gasteiger partial charge >= 0.3 is 6.03 Å². The summed E-state index contributed by atoms with van der Waals surface area (Å²) in [5, 5.41) is 8.46. The van der Waals surface area contributed by atoms with E-state index < -0.39 is 0 Å². The first-order valence-corrected chi connectivity index (χ1v) is 11.2. The lowest BCUT2D eigenvalue weighted by atomic mass is 9.59. The second-order valence-electron chi connectivity index (χ2n) is 8.61. The Hall–Kier alpha value is -3.60. The maximum Gasteiger partial charge on any atom is 0.315 e. The number of hydrogen-bond donors (Lipinski definition) is 3. The fourth-order valence-electron chi connectivity index (χ4n) is 5.27. The summed E-state index contributed by atoms with van der Waals surface area (Å²) < 4.78 is 0. The van der Waals surface area contributed by atoms with Crippen LogP contribution in [0.15, 0.2) is 78.9 Å². The Morgan fingerprint density at radius 1 is 0.719 bits per heavy atom. The molecule has 0 heterocycles. The highest BCUT2D eigenvalue weighted by atomic mass is 16.2. The fourth-order valence-corrected chi connectivity index (χ4v) is 5.27. The number of hydrogen-bond acceptors (Lipinski definition) is 2. The van der Waals surface area contributed by atoms with Crippen LogP contribution >= 0.6 is 0 Å². The van der Waals surface area contributed by atoms with E-state index in [1.807, 2.05) is 30.3 Å². The van der Waals surface area contributed by atoms with Gasteiger partial charge in [0.15, 0.2) is 0 Å². The predicted molar refractivity (Wildman–Crippen MR) is 124 cm³/mol. The van der Waals surface area contributed by atoms with Gasteiger partial charge in [0.2, 0.25) is 5.91 Å². The molecule has 0 saturated carbocycles. The molecular weight excluding hydrogens is 398 g/mol. The summed E-state index contributed by atoms with van der Waals surface area (Å²) in [6.45, 7) is 1.00. The van der Waals surface area contributed by atoms with Crippen molar-refractivity contribution in [1.29, 1.82) is 0 Å². The lowest BCUT2D eigenvalue weighted by Gasteiger charge is -2.45. The van der Waals surface area contributed by atoms with Crippen molar-refractivity contribution in [2.75, 3.05) is 13.1 Å². The van der Waals surface area contributed by atoms with E-state index in [-0.39, 0.29) is 18.5 Å². The Bertz CT molecular complexity index is 1080. The molecule has 3 aliphatic carbocycles. The number of rotatable bonds is 6. The summed E-state index contributed by atoms with van der Waals surface area (Å²) in [7, 11) is 0. The van der Waals surface area contributed by atoms with E-state index >= 15 is 0 Å². The molecule has 0 radical (unpaired) electrons. The smallest absolute Gasteiger partial charge is 0.315 e. The molecule has 0 aliphatic heterocycles. The molecule has 162 valence electrons. The Labute approximate surface area is 188 Å². The Balaban J connectivity index is 1.16. The first kappa shape index (κ1) is 20.3. The molecular formula is C27H27N3O2. The van der Waals surface area contributed by atoms with Crippen LogP contribution in [0.4, 0.5) is 4.79 Å². The molecule has 0 aromatic heterocycles. The van der Waals surface area contributed by atoms with Crippen LogP contribution in [-0.2, 0) is 11.3 Å². The molecule has 3 amide bonds. The number of urea groups is 1. The van der Waals surface area contributed by atoms with Gasteiger partial charge in [-0.25, -0.2) is 4.79 Å². The van der Waals surface area contributed by atoms with E-state index in [1.54, 1.807) is 0 Å². The lowest BCUT2D eigenvalue weighted by Crippen LogP contribution is -2.44. The maximum absolute atomic E-state index is 12.4. The van der Waals surface area contributed by atoms with Gasteiger partial charge in [0.05, 0.1) is 6.54 Å². The minimum Gasteiger partial charge on any atom is -0.354 e. The molecule has 2 bridgehead atoms. The minimum atomic E-state index is -0.344. The zero-order chi connectivity index (χ0) is 21.9. The van der Waals surface area contributed by atoms with Crippen molar-refractivity contribution < 1.29 is 9.59 Å². The zero-order valence-corrected chi connectivity index (χ0v) is 17.9. The molecule has 3 aliphatic rings. The van der Waals surface area contributed by atoms with E-state index in [2.05, 4.69) is 64.5 Å². The Morgan fingerprint density at radius 3 is 1.97 bits per heavy atom. The molecule has 3 N–H and O–H groups in total. The van der Waals surface area contributed by atoms with Gasteiger partial charge in [-0.2, -0.15) is 0 Å². The molecule has 32 heavy (non-hydrogen) atoms. The average Bonchev–Trinajstić information content (AvgIpc) is 2.85. The van der Waals surface area contributed by atoms with E-state index in [9.17, 15) is 9.59 Å². The van der Waals surface area contributed by atoms with Gasteiger partial charge < -0.3 is 16.0 Å². The first-order chi connectivity index (χ1) is 15.7. The predicted octanol–water partition coefficient (Wildman–Crippen LogP) is 3.90. The molecule has 5 heteroatoms. The Kier molecular flexibility index (Phi) is 5.63. The van der Waals surface area contributed by atoms with Gasteiger partial charge in [0.1, 0.15) is 0 Å². The van der Waals surface area contributed by atoms with Gasteiger partial charge in [-0.15, -0.1) is 0 Å². The minimum absolute atomic E-state index is 0.0331. The zero-order valence-electron chi connectivity index (χ0n) is 17.9. The van der Waals surface area contributed by atoms with Crippen LogP contribution in [0.1, 0.15) is 46.1 Å². The topological polar surface area (TPSA) is 70.2 Å². The standard InChI is InChI=1S/C27H27N3O2/c31-25(17-30-27(32)29-15-18-8-2-1-3-9-18)28-16-19-14-24-20-10-4-6-12-22(20)26(19)23-13-7-5-11-21(23)24/h1-13,19,24,26H,14-17H2,(H,28,31)(H2,29,30,32)/t19-,24?,26?/m0/s1. The number of carbonyl (C=O) groups excluding carboxylic acids is 2. The van der Waals surface area contributed by atoms with Crippen LogP contribution in [-0.4, -0.2) is 25.0 Å². The van der Waals surface area contributed by atoms with Crippen molar-refractivity contribution in [3.05, 3.63) is 107 Å². The summed E-state index contributed by atoms with van der Waals surface area (Å²) in [5.41, 5.74) is 6.64. The second-order valence-corrected chi connectivity index (χ2v) is 8.61. The number of benzene rings is 3. The molecule has 3 aromatic rings. The van der Waals surface area contributed by atoms with E-state index in [4.69, 9.17) is 0 Å². The molecule has 0 spiro atoms. The molecule has 0 unspecified atom stereocenters. The monoisotopic (exact) mass is 425 g/mol. The molecule has 0 fully saturated rings. The molecule has 6 rings (SSSR count). The lowest BCUT2D eigenvalue weighted by molar-refractivity contribution is -0.120. The molecule has 3 aromatic carbocycles.